The van der Waals surface area contributed by atoms with Gasteiger partial charge in [-0.3, -0.25) is 19.3 Å². The molecule has 1 amide bonds. The first-order valence-electron chi connectivity index (χ1n) is 9.28. The Morgan fingerprint density at radius 3 is 2.11 bits per heavy atom. The van der Waals surface area contributed by atoms with E-state index < -0.39 is 11.6 Å². The van der Waals surface area contributed by atoms with Crippen molar-refractivity contribution in [3.63, 3.8) is 0 Å². The topological polar surface area (TPSA) is 76.2 Å². The Kier molecular flexibility index (Phi) is 11.8. The summed E-state index contributed by atoms with van der Waals surface area (Å²) in [6.07, 6.45) is 0.750. The van der Waals surface area contributed by atoms with Crippen molar-refractivity contribution in [2.45, 2.75) is 52.9 Å². The van der Waals surface area contributed by atoms with E-state index in [1.807, 2.05) is 58.0 Å². The van der Waals surface area contributed by atoms with E-state index in [-0.39, 0.29) is 25.1 Å². The molecule has 1 atom stereocenters. The average molecular weight is 395 g/mol. The van der Waals surface area contributed by atoms with Crippen LogP contribution in [0.1, 0.15) is 40.2 Å². The van der Waals surface area contributed by atoms with E-state index in [1.165, 1.54) is 4.90 Å². The molecular formula is C21H34N2O5. The van der Waals surface area contributed by atoms with E-state index in [9.17, 15) is 14.4 Å². The molecule has 158 valence electrons. The summed E-state index contributed by atoms with van der Waals surface area (Å²) in [6.45, 7) is 9.94. The van der Waals surface area contributed by atoms with E-state index in [0.717, 1.165) is 12.0 Å². The molecule has 0 heterocycles. The first-order valence-corrected chi connectivity index (χ1v) is 9.28. The maximum absolute atomic E-state index is 12.2. The van der Waals surface area contributed by atoms with E-state index >= 15 is 0 Å². The van der Waals surface area contributed by atoms with Crippen molar-refractivity contribution in [2.75, 3.05) is 27.2 Å². The van der Waals surface area contributed by atoms with Crippen LogP contribution < -0.4 is 0 Å². The molecule has 1 aromatic rings. The van der Waals surface area contributed by atoms with E-state index in [1.54, 1.807) is 25.9 Å². The van der Waals surface area contributed by atoms with Crippen LogP contribution in [0.25, 0.3) is 0 Å². The monoisotopic (exact) mass is 394 g/mol. The van der Waals surface area contributed by atoms with Crippen molar-refractivity contribution in [3.05, 3.63) is 35.9 Å². The summed E-state index contributed by atoms with van der Waals surface area (Å²) in [5.74, 6) is -0.693. The molecule has 0 aliphatic heterocycles. The van der Waals surface area contributed by atoms with Gasteiger partial charge in [0.2, 0.25) is 6.41 Å². The summed E-state index contributed by atoms with van der Waals surface area (Å²) in [7, 11) is 3.38. The highest BCUT2D eigenvalue weighted by molar-refractivity contribution is 5.77. The lowest BCUT2D eigenvalue weighted by Crippen LogP contribution is -2.44. The molecular weight excluding hydrogens is 360 g/mol. The van der Waals surface area contributed by atoms with Gasteiger partial charge >= 0.3 is 11.9 Å². The first-order chi connectivity index (χ1) is 13.0. The Labute approximate surface area is 168 Å². The fourth-order valence-electron chi connectivity index (χ4n) is 2.06. The Hall–Kier alpha value is -2.41. The third-order valence-corrected chi connectivity index (χ3v) is 3.48. The second kappa shape index (κ2) is 12.9. The van der Waals surface area contributed by atoms with Crippen molar-refractivity contribution in [1.82, 2.24) is 9.80 Å². The normalized spacial score (nSPS) is 11.7. The van der Waals surface area contributed by atoms with Crippen LogP contribution in [-0.2, 0) is 30.5 Å². The Balaban J connectivity index is 0.00000129. The molecule has 0 N–H and O–H groups in total. The Bertz CT molecular complexity index is 597. The molecule has 1 rings (SSSR count). The summed E-state index contributed by atoms with van der Waals surface area (Å²) in [6, 6.07) is 9.00. The van der Waals surface area contributed by atoms with Gasteiger partial charge in [0.1, 0.15) is 18.2 Å². The molecule has 0 saturated carbocycles. The highest BCUT2D eigenvalue weighted by Gasteiger charge is 2.25. The average Bonchev–Trinajstić information content (AvgIpc) is 2.63. The number of hydrogen-bond acceptors (Lipinski definition) is 6. The number of hydrogen-bond donors (Lipinski definition) is 0. The molecule has 0 radical (unpaired) electrons. The predicted molar refractivity (Wildman–Crippen MR) is 109 cm³/mol. The molecule has 7 nitrogen and oxygen atoms in total. The molecule has 0 fully saturated rings. The highest BCUT2D eigenvalue weighted by Crippen LogP contribution is 2.10. The smallest absolute Gasteiger partial charge is 0.323 e. The van der Waals surface area contributed by atoms with Crippen LogP contribution in [0.2, 0.25) is 0 Å². The predicted octanol–water partition coefficient (Wildman–Crippen LogP) is 2.49. The first kappa shape index (κ1) is 25.6. The van der Waals surface area contributed by atoms with E-state index in [4.69, 9.17) is 9.47 Å². The number of esters is 2. The summed E-state index contributed by atoms with van der Waals surface area (Å²) in [4.78, 5) is 36.7. The number of amides is 1. The van der Waals surface area contributed by atoms with Crippen LogP contribution in [0.4, 0.5) is 0 Å². The number of benzene rings is 1. The molecule has 28 heavy (non-hydrogen) atoms. The molecule has 0 aliphatic rings. The lowest BCUT2D eigenvalue weighted by Gasteiger charge is -2.27. The quantitative estimate of drug-likeness (QED) is 0.498. The van der Waals surface area contributed by atoms with Gasteiger partial charge in [-0.1, -0.05) is 37.3 Å². The second-order valence-corrected chi connectivity index (χ2v) is 7.49. The van der Waals surface area contributed by atoms with Gasteiger partial charge in [0.25, 0.3) is 0 Å². The third kappa shape index (κ3) is 12.1. The molecule has 0 aromatic heterocycles. The van der Waals surface area contributed by atoms with Crippen LogP contribution in [0, 0.1) is 0 Å². The minimum absolute atomic E-state index is 0.0649. The number of nitrogens with zero attached hydrogens (tertiary/aromatic N) is 2. The zero-order chi connectivity index (χ0) is 21.7. The van der Waals surface area contributed by atoms with Gasteiger partial charge in [-0.05, 0) is 39.8 Å². The standard InChI is InChI=1S/C18H27NO4.C3H7NO/c1-6-19(12-16(20)23-18(3,4)5)14(2)17(21)22-13-15-10-8-7-9-11-15;1-4(2)3-5/h7-11,14H,6,12-13H2,1-5H3;3H,1-2H3/t14-;/m0./s1. The summed E-state index contributed by atoms with van der Waals surface area (Å²) in [5, 5.41) is 0. The maximum atomic E-state index is 12.2. The van der Waals surface area contributed by atoms with Crippen LogP contribution >= 0.6 is 0 Å². The summed E-state index contributed by atoms with van der Waals surface area (Å²) >= 11 is 0. The summed E-state index contributed by atoms with van der Waals surface area (Å²) in [5.41, 5.74) is 0.399. The molecule has 7 heteroatoms. The number of likely N-dealkylation sites (N-methyl/N-ethyl adjacent to an activating group) is 1. The van der Waals surface area contributed by atoms with Gasteiger partial charge in [0, 0.05) is 14.1 Å². The lowest BCUT2D eigenvalue weighted by atomic mass is 10.2. The summed E-state index contributed by atoms with van der Waals surface area (Å²) < 4.78 is 10.6. The van der Waals surface area contributed by atoms with Crippen LogP contribution in [0.3, 0.4) is 0 Å². The van der Waals surface area contributed by atoms with E-state index in [2.05, 4.69) is 0 Å². The Morgan fingerprint density at radius 1 is 1.14 bits per heavy atom. The van der Waals surface area contributed by atoms with Crippen LogP contribution in [0.15, 0.2) is 30.3 Å². The molecule has 0 bridgehead atoms. The van der Waals surface area contributed by atoms with E-state index in [0.29, 0.717) is 6.54 Å². The SMILES string of the molecule is CCN(CC(=O)OC(C)(C)C)[C@@H](C)C(=O)OCc1ccccc1.CN(C)C=O. The van der Waals surface area contributed by atoms with Crippen molar-refractivity contribution >= 4 is 18.3 Å². The van der Waals surface area contributed by atoms with Gasteiger partial charge < -0.3 is 14.4 Å². The van der Waals surface area contributed by atoms with Crippen molar-refractivity contribution in [1.29, 1.82) is 0 Å². The van der Waals surface area contributed by atoms with Crippen LogP contribution in [0.5, 0.6) is 0 Å². The van der Waals surface area contributed by atoms with Gasteiger partial charge in [-0.25, -0.2) is 0 Å². The molecule has 0 saturated heterocycles. The van der Waals surface area contributed by atoms with Gasteiger partial charge in [0.05, 0.1) is 6.54 Å². The second-order valence-electron chi connectivity index (χ2n) is 7.49. The molecule has 0 aliphatic carbocycles. The largest absolute Gasteiger partial charge is 0.460 e. The van der Waals surface area contributed by atoms with Gasteiger partial charge in [-0.15, -0.1) is 0 Å². The number of carbonyl (C=O) groups is 3. The zero-order valence-electron chi connectivity index (χ0n) is 18.1. The zero-order valence-corrected chi connectivity index (χ0v) is 18.1. The molecule has 1 aromatic carbocycles. The van der Waals surface area contributed by atoms with Crippen molar-refractivity contribution in [2.24, 2.45) is 0 Å². The minimum atomic E-state index is -0.534. The van der Waals surface area contributed by atoms with Crippen molar-refractivity contribution < 1.29 is 23.9 Å². The third-order valence-electron chi connectivity index (χ3n) is 3.48. The van der Waals surface area contributed by atoms with Crippen molar-refractivity contribution in [3.8, 4) is 0 Å². The number of carbonyl (C=O) groups excluding carboxylic acids is 3. The number of ether oxygens (including phenoxy) is 2. The fraction of sp³-hybridized carbons (Fsp3) is 0.571. The molecule has 0 spiro atoms. The fourth-order valence-corrected chi connectivity index (χ4v) is 2.06. The van der Waals surface area contributed by atoms with Gasteiger partial charge in [0.15, 0.2) is 0 Å². The molecule has 0 unspecified atom stereocenters. The van der Waals surface area contributed by atoms with Gasteiger partial charge in [-0.2, -0.15) is 0 Å². The Morgan fingerprint density at radius 2 is 1.68 bits per heavy atom. The number of rotatable bonds is 8. The highest BCUT2D eigenvalue weighted by atomic mass is 16.6. The maximum Gasteiger partial charge on any atom is 0.323 e. The lowest BCUT2D eigenvalue weighted by molar-refractivity contribution is -0.159. The minimum Gasteiger partial charge on any atom is -0.460 e. The van der Waals surface area contributed by atoms with Crippen LogP contribution in [-0.4, -0.2) is 67.0 Å².